The van der Waals surface area contributed by atoms with Gasteiger partial charge in [0, 0.05) is 38.8 Å². The van der Waals surface area contributed by atoms with Crippen LogP contribution in [0.4, 0.5) is 15.3 Å². The van der Waals surface area contributed by atoms with Crippen LogP contribution in [0.1, 0.15) is 50.8 Å². The fourth-order valence-corrected chi connectivity index (χ4v) is 5.39. The second-order valence-electron chi connectivity index (χ2n) is 11.8. The number of para-hydroxylation sites is 1. The Morgan fingerprint density at radius 2 is 1.82 bits per heavy atom. The average Bonchev–Trinajstić information content (AvgIpc) is 3.65. The second kappa shape index (κ2) is 14.7. The molecule has 0 radical (unpaired) electrons. The quantitative estimate of drug-likeness (QED) is 0.300. The topological polar surface area (TPSA) is 143 Å². The lowest BCUT2D eigenvalue weighted by Gasteiger charge is -2.21. The zero-order valence-corrected chi connectivity index (χ0v) is 26.2. The minimum Gasteiger partial charge on any atom is -0.464 e. The number of ether oxygens (including phenoxy) is 1. The fourth-order valence-electron chi connectivity index (χ4n) is 5.39. The number of hydrogen-bond donors (Lipinski definition) is 2. The largest absolute Gasteiger partial charge is 0.464 e. The molecule has 3 amide bonds. The number of nitrogens with zero attached hydrogens (tertiary/aromatic N) is 4. The summed E-state index contributed by atoms with van der Waals surface area (Å²) in [4.78, 5) is 66.8. The van der Waals surface area contributed by atoms with Gasteiger partial charge in [0.25, 0.3) is 11.5 Å². The Labute approximate surface area is 261 Å². The molecule has 12 heteroatoms. The number of allylic oxidation sites excluding steroid dienone is 1. The average molecular weight is 620 g/mol. The van der Waals surface area contributed by atoms with Gasteiger partial charge in [0.15, 0.2) is 6.10 Å². The number of fused-ring (bicyclic) bond motifs is 1. The van der Waals surface area contributed by atoms with Crippen molar-refractivity contribution < 1.29 is 29.0 Å². The Bertz CT molecular complexity index is 1650. The zero-order chi connectivity index (χ0) is 32.7. The van der Waals surface area contributed by atoms with Gasteiger partial charge in [0.05, 0.1) is 17.8 Å². The Morgan fingerprint density at radius 1 is 1.09 bits per heavy atom. The lowest BCUT2D eigenvalue weighted by Crippen LogP contribution is -2.39. The van der Waals surface area contributed by atoms with Gasteiger partial charge >= 0.3 is 12.2 Å². The van der Waals surface area contributed by atoms with E-state index in [2.05, 4.69) is 19.2 Å². The van der Waals surface area contributed by atoms with Crippen LogP contribution < -0.4 is 10.9 Å². The molecule has 0 unspecified atom stereocenters. The van der Waals surface area contributed by atoms with Crippen LogP contribution in [0, 0.1) is 5.92 Å². The van der Waals surface area contributed by atoms with Crippen LogP contribution in [0.15, 0.2) is 59.5 Å². The number of aromatic nitrogens is 2. The number of nitrogens with one attached hydrogen (secondary N) is 1. The van der Waals surface area contributed by atoms with E-state index in [0.29, 0.717) is 36.6 Å². The van der Waals surface area contributed by atoms with Gasteiger partial charge in [-0.1, -0.05) is 38.1 Å². The third-order valence-electron chi connectivity index (χ3n) is 7.61. The van der Waals surface area contributed by atoms with Gasteiger partial charge in [-0.3, -0.25) is 14.4 Å². The smallest absolute Gasteiger partial charge is 0.416 e. The van der Waals surface area contributed by atoms with Gasteiger partial charge in [-0.05, 0) is 67.9 Å². The van der Waals surface area contributed by atoms with E-state index >= 15 is 0 Å². The SMILES string of the molecule is CC(C)Cc1cccc2cc(Cn3cccc(NC(=O)[C@H](CC/C=C/C(=O)N(C)C)OC(=O)N4CCCC4)c3=O)n(C(=O)O)c12. The molecule has 1 fully saturated rings. The Morgan fingerprint density at radius 3 is 2.49 bits per heavy atom. The maximum Gasteiger partial charge on any atom is 0.416 e. The molecule has 3 heterocycles. The van der Waals surface area contributed by atoms with E-state index in [1.807, 2.05) is 18.2 Å². The van der Waals surface area contributed by atoms with Crippen molar-refractivity contribution in [2.24, 2.45) is 5.92 Å². The van der Waals surface area contributed by atoms with E-state index in [-0.39, 0.29) is 31.0 Å². The molecule has 1 saturated heterocycles. The van der Waals surface area contributed by atoms with Crippen LogP contribution in [0.2, 0.25) is 0 Å². The number of amides is 3. The molecule has 0 bridgehead atoms. The maximum atomic E-state index is 13.5. The van der Waals surface area contributed by atoms with Gasteiger partial charge in [0.2, 0.25) is 5.91 Å². The third-order valence-corrected chi connectivity index (χ3v) is 7.61. The lowest BCUT2D eigenvalue weighted by atomic mass is 10.0. The molecule has 240 valence electrons. The van der Waals surface area contributed by atoms with E-state index < -0.39 is 29.8 Å². The molecule has 2 N–H and O–H groups in total. The summed E-state index contributed by atoms with van der Waals surface area (Å²) in [6, 6.07) is 10.4. The summed E-state index contributed by atoms with van der Waals surface area (Å²) < 4.78 is 8.11. The highest BCUT2D eigenvalue weighted by Crippen LogP contribution is 2.26. The number of rotatable bonds is 11. The number of carboxylic acid groups (broad SMARTS) is 1. The number of pyridine rings is 1. The summed E-state index contributed by atoms with van der Waals surface area (Å²) >= 11 is 0. The summed E-state index contributed by atoms with van der Waals surface area (Å²) in [5.74, 6) is -0.579. The first-order valence-electron chi connectivity index (χ1n) is 15.2. The van der Waals surface area contributed by atoms with Crippen LogP contribution in [-0.4, -0.2) is 81.3 Å². The first-order chi connectivity index (χ1) is 21.5. The second-order valence-corrected chi connectivity index (χ2v) is 11.8. The van der Waals surface area contributed by atoms with Crippen molar-refractivity contribution in [3.8, 4) is 0 Å². The van der Waals surface area contributed by atoms with E-state index in [9.17, 15) is 29.1 Å². The number of likely N-dealkylation sites (tertiary alicyclic amines) is 1. The fraction of sp³-hybridized carbons (Fsp3) is 0.424. The molecule has 0 saturated carbocycles. The lowest BCUT2D eigenvalue weighted by molar-refractivity contribution is -0.125. The monoisotopic (exact) mass is 619 g/mol. The summed E-state index contributed by atoms with van der Waals surface area (Å²) in [6.07, 6.45) is 4.32. The van der Waals surface area contributed by atoms with Crippen molar-refractivity contribution in [1.29, 1.82) is 0 Å². The van der Waals surface area contributed by atoms with E-state index in [1.54, 1.807) is 32.3 Å². The molecule has 45 heavy (non-hydrogen) atoms. The van der Waals surface area contributed by atoms with Crippen molar-refractivity contribution in [3.05, 3.63) is 76.4 Å². The number of benzene rings is 1. The molecule has 3 aromatic rings. The number of anilines is 1. The highest BCUT2D eigenvalue weighted by Gasteiger charge is 2.28. The van der Waals surface area contributed by atoms with Crippen LogP contribution >= 0.6 is 0 Å². The molecule has 2 aromatic heterocycles. The predicted octanol–water partition coefficient (Wildman–Crippen LogP) is 4.54. The van der Waals surface area contributed by atoms with Gasteiger partial charge in [0.1, 0.15) is 5.69 Å². The summed E-state index contributed by atoms with van der Waals surface area (Å²) in [7, 11) is 3.25. The molecular weight excluding hydrogens is 578 g/mol. The number of likely N-dealkylation sites (N-methyl/N-ethyl adjacent to an activating group) is 1. The van der Waals surface area contributed by atoms with Crippen molar-refractivity contribution in [1.82, 2.24) is 18.9 Å². The van der Waals surface area contributed by atoms with Crippen molar-refractivity contribution in [3.63, 3.8) is 0 Å². The summed E-state index contributed by atoms with van der Waals surface area (Å²) in [5, 5.41) is 13.5. The van der Waals surface area contributed by atoms with Gasteiger partial charge < -0.3 is 29.5 Å². The molecular formula is C33H41N5O7. The standard InChI is InChI=1S/C33H41N5O7/c1-22(2)19-23-11-9-12-24-20-25(38(29(23)24)32(42)43)21-37-18-10-13-26(31(37)41)34-30(40)27(14-5-6-15-28(39)35(3)4)45-33(44)36-16-7-8-17-36/h6,9-13,15,18,20,22,27H,5,7-8,14,16-17,19,21H2,1-4H3,(H,34,40)(H,42,43)/b15-6+/t27-/m0/s1. The van der Waals surface area contributed by atoms with E-state index in [0.717, 1.165) is 23.8 Å². The molecule has 4 rings (SSSR count). The number of carbonyl (C=O) groups excluding carboxylic acids is 3. The van der Waals surface area contributed by atoms with Crippen LogP contribution in [0.25, 0.3) is 10.9 Å². The minimum absolute atomic E-state index is 0.0402. The van der Waals surface area contributed by atoms with Gasteiger partial charge in [-0.15, -0.1) is 0 Å². The van der Waals surface area contributed by atoms with Gasteiger partial charge in [-0.2, -0.15) is 0 Å². The molecule has 1 atom stereocenters. The number of hydrogen-bond acceptors (Lipinski definition) is 6. The Kier molecular flexibility index (Phi) is 10.8. The normalized spacial score (nSPS) is 13.8. The molecule has 1 aliphatic rings. The van der Waals surface area contributed by atoms with Crippen LogP contribution in [0.5, 0.6) is 0 Å². The highest BCUT2D eigenvalue weighted by molar-refractivity contribution is 5.95. The van der Waals surface area contributed by atoms with Crippen LogP contribution in [0.3, 0.4) is 0 Å². The first kappa shape index (κ1) is 33.0. The maximum absolute atomic E-state index is 13.5. The van der Waals surface area contributed by atoms with E-state index in [1.165, 1.54) is 37.3 Å². The molecule has 1 aliphatic heterocycles. The predicted molar refractivity (Wildman–Crippen MR) is 170 cm³/mol. The summed E-state index contributed by atoms with van der Waals surface area (Å²) in [5.41, 5.74) is 1.31. The van der Waals surface area contributed by atoms with Crippen molar-refractivity contribution in [2.45, 2.75) is 58.6 Å². The number of carbonyl (C=O) groups is 4. The van der Waals surface area contributed by atoms with E-state index in [4.69, 9.17) is 4.74 Å². The molecule has 0 aliphatic carbocycles. The molecule has 1 aromatic carbocycles. The highest BCUT2D eigenvalue weighted by atomic mass is 16.6. The van der Waals surface area contributed by atoms with Crippen LogP contribution in [-0.2, 0) is 27.3 Å². The minimum atomic E-state index is -1.21. The van der Waals surface area contributed by atoms with Crippen molar-refractivity contribution >= 4 is 40.6 Å². The zero-order valence-electron chi connectivity index (χ0n) is 26.2. The van der Waals surface area contributed by atoms with Crippen molar-refractivity contribution in [2.75, 3.05) is 32.5 Å². The molecule has 0 spiro atoms. The van der Waals surface area contributed by atoms with Gasteiger partial charge in [-0.25, -0.2) is 14.2 Å². The third kappa shape index (κ3) is 8.20. The Balaban J connectivity index is 1.57. The first-order valence-corrected chi connectivity index (χ1v) is 15.2. The Hall–Kier alpha value is -4.87. The summed E-state index contributed by atoms with van der Waals surface area (Å²) in [6.45, 7) is 5.16. The molecule has 12 nitrogen and oxygen atoms in total.